The number of halogens is 3. The van der Waals surface area contributed by atoms with E-state index in [9.17, 15) is 28.2 Å². The molecule has 2 unspecified atom stereocenters. The minimum Gasteiger partial charge on any atom is -0.392 e. The monoisotopic (exact) mass is 535 g/mol. The molecule has 1 aliphatic heterocycles. The van der Waals surface area contributed by atoms with Crippen molar-refractivity contribution in [1.82, 2.24) is 9.78 Å². The number of aliphatic hydroxyl groups excluding tert-OH is 2. The molecule has 6 nitrogen and oxygen atoms in total. The zero-order valence-electron chi connectivity index (χ0n) is 21.6. The number of aliphatic hydroxyl groups is 2. The van der Waals surface area contributed by atoms with Crippen LogP contribution in [0.4, 0.5) is 18.9 Å². The summed E-state index contributed by atoms with van der Waals surface area (Å²) in [4.78, 5) is 15.2. The molecule has 0 radical (unpaired) electrons. The highest BCUT2D eigenvalue weighted by atomic mass is 19.4. The highest BCUT2D eigenvalue weighted by molar-refractivity contribution is 5.94. The maximum Gasteiger partial charge on any atom is 0.433 e. The quantitative estimate of drug-likeness (QED) is 0.342. The number of benzene rings is 3. The van der Waals surface area contributed by atoms with Crippen molar-refractivity contribution >= 4 is 16.5 Å². The molecule has 3 N–H and O–H groups in total. The van der Waals surface area contributed by atoms with Gasteiger partial charge >= 0.3 is 6.18 Å². The van der Waals surface area contributed by atoms with E-state index in [1.807, 2.05) is 42.3 Å². The van der Waals surface area contributed by atoms with Gasteiger partial charge in [0.2, 0.25) is 0 Å². The van der Waals surface area contributed by atoms with Crippen LogP contribution in [0.2, 0.25) is 0 Å². The number of fused-ring (bicyclic) bond motifs is 3. The molecule has 1 saturated carbocycles. The Kier molecular flexibility index (Phi) is 5.61. The lowest BCUT2D eigenvalue weighted by atomic mass is 9.64. The van der Waals surface area contributed by atoms with E-state index < -0.39 is 52.5 Å². The SMILES string of the molecule is CN1/C(=C\C2C(O)C(c3c(C(F)(F)F)[nH]n(-c4ccccc4)c3=O)C2O)C(C)(C)c2c1ccc1ccccc21. The Labute approximate surface area is 222 Å². The summed E-state index contributed by atoms with van der Waals surface area (Å²) in [5.41, 5.74) is -0.231. The molecule has 1 aliphatic carbocycles. The van der Waals surface area contributed by atoms with Crippen LogP contribution >= 0.6 is 0 Å². The molecule has 6 rings (SSSR count). The Bertz CT molecular complexity index is 1660. The van der Waals surface area contributed by atoms with Gasteiger partial charge in [0, 0.05) is 35.7 Å². The first-order chi connectivity index (χ1) is 18.4. The molecule has 0 saturated heterocycles. The maximum atomic E-state index is 14.0. The Morgan fingerprint density at radius 3 is 2.26 bits per heavy atom. The lowest BCUT2D eigenvalue weighted by Gasteiger charge is -2.45. The third kappa shape index (κ3) is 3.67. The molecule has 202 valence electrons. The van der Waals surface area contributed by atoms with Crippen molar-refractivity contribution in [2.24, 2.45) is 5.92 Å². The topological polar surface area (TPSA) is 81.5 Å². The Morgan fingerprint density at radius 2 is 1.59 bits per heavy atom. The van der Waals surface area contributed by atoms with Crippen molar-refractivity contribution in [3.05, 3.63) is 106 Å². The van der Waals surface area contributed by atoms with E-state index in [4.69, 9.17) is 0 Å². The van der Waals surface area contributed by atoms with E-state index in [2.05, 4.69) is 25.0 Å². The summed E-state index contributed by atoms with van der Waals surface area (Å²) in [6, 6.07) is 20.0. The molecule has 2 aliphatic rings. The van der Waals surface area contributed by atoms with Gasteiger partial charge in [-0.05, 0) is 34.5 Å². The number of hydrogen-bond acceptors (Lipinski definition) is 4. The largest absolute Gasteiger partial charge is 0.433 e. The average molecular weight is 536 g/mol. The molecule has 1 fully saturated rings. The van der Waals surface area contributed by atoms with Gasteiger partial charge in [0.1, 0.15) is 5.69 Å². The minimum atomic E-state index is -4.88. The first-order valence-electron chi connectivity index (χ1n) is 12.7. The number of H-pyrrole nitrogens is 1. The Morgan fingerprint density at radius 1 is 0.949 bits per heavy atom. The van der Waals surface area contributed by atoms with Gasteiger partial charge in [-0.3, -0.25) is 9.89 Å². The van der Waals surface area contributed by atoms with Crippen LogP contribution in [0.1, 0.15) is 36.6 Å². The zero-order valence-corrected chi connectivity index (χ0v) is 21.6. The van der Waals surface area contributed by atoms with Crippen molar-refractivity contribution in [2.45, 2.75) is 43.6 Å². The number of aromatic amines is 1. The van der Waals surface area contributed by atoms with E-state index in [-0.39, 0.29) is 5.69 Å². The Hall–Kier alpha value is -3.82. The second-order valence-corrected chi connectivity index (χ2v) is 10.9. The fraction of sp³-hybridized carbons (Fsp3) is 0.300. The predicted octanol–water partition coefficient (Wildman–Crippen LogP) is 5.08. The van der Waals surface area contributed by atoms with Crippen LogP contribution in [0.3, 0.4) is 0 Å². The highest BCUT2D eigenvalue weighted by Crippen LogP contribution is 2.53. The summed E-state index contributed by atoms with van der Waals surface area (Å²) >= 11 is 0. The van der Waals surface area contributed by atoms with E-state index in [1.165, 1.54) is 12.1 Å². The molecular weight excluding hydrogens is 507 g/mol. The summed E-state index contributed by atoms with van der Waals surface area (Å²) in [5, 5.41) is 26.6. The standard InChI is InChI=1S/C30H28F3N3O3/c1-29(2)21(35(3)20-14-13-16-9-7-8-12-18(16)24(20)29)15-19-25(37)22(26(19)38)23-27(30(31,32)33)34-36(28(23)39)17-10-5-4-6-11-17/h4-15,19,22,25-26,34,37-38H,1-3H3/b21-15-. The lowest BCUT2D eigenvalue weighted by molar-refractivity contribution is -0.145. The molecule has 4 aromatic rings. The van der Waals surface area contributed by atoms with Crippen molar-refractivity contribution in [1.29, 1.82) is 0 Å². The first kappa shape index (κ1) is 25.5. The van der Waals surface area contributed by atoms with E-state index >= 15 is 0 Å². The summed E-state index contributed by atoms with van der Waals surface area (Å²) in [6.45, 7) is 4.10. The zero-order chi connectivity index (χ0) is 27.9. The normalized spacial score (nSPS) is 25.2. The molecule has 39 heavy (non-hydrogen) atoms. The number of allylic oxidation sites excluding steroid dienone is 1. The number of nitrogens with zero attached hydrogens (tertiary/aromatic N) is 2. The summed E-state index contributed by atoms with van der Waals surface area (Å²) < 4.78 is 42.9. The van der Waals surface area contributed by atoms with E-state index in [1.54, 1.807) is 24.3 Å². The predicted molar refractivity (Wildman–Crippen MR) is 143 cm³/mol. The second kappa shape index (κ2) is 8.59. The molecule has 3 aromatic carbocycles. The highest BCUT2D eigenvalue weighted by Gasteiger charge is 2.55. The number of likely N-dealkylation sites (N-methyl/N-ethyl adjacent to an activating group) is 1. The van der Waals surface area contributed by atoms with Crippen LogP contribution in [0, 0.1) is 5.92 Å². The third-order valence-corrected chi connectivity index (χ3v) is 8.33. The van der Waals surface area contributed by atoms with Gasteiger partial charge in [-0.15, -0.1) is 0 Å². The van der Waals surface area contributed by atoms with E-state index in [0.717, 1.165) is 32.4 Å². The van der Waals surface area contributed by atoms with Crippen LogP contribution < -0.4 is 10.5 Å². The number of rotatable bonds is 3. The van der Waals surface area contributed by atoms with E-state index in [0.29, 0.717) is 0 Å². The fourth-order valence-corrected chi connectivity index (χ4v) is 6.39. The third-order valence-electron chi connectivity index (χ3n) is 8.33. The summed E-state index contributed by atoms with van der Waals surface area (Å²) in [5.74, 6) is -2.25. The summed E-state index contributed by atoms with van der Waals surface area (Å²) in [6.07, 6.45) is -5.90. The van der Waals surface area contributed by atoms with Gasteiger partial charge in [-0.2, -0.15) is 13.2 Å². The average Bonchev–Trinajstić information content (AvgIpc) is 3.34. The minimum absolute atomic E-state index is 0.223. The van der Waals surface area contributed by atoms with Crippen LogP contribution in [-0.2, 0) is 11.6 Å². The number of aromatic nitrogens is 2. The summed E-state index contributed by atoms with van der Waals surface area (Å²) in [7, 11) is 1.90. The molecule has 9 heteroatoms. The van der Waals surface area contributed by atoms with Gasteiger partial charge in [0.15, 0.2) is 0 Å². The second-order valence-electron chi connectivity index (χ2n) is 10.9. The van der Waals surface area contributed by atoms with Crippen molar-refractivity contribution in [2.75, 3.05) is 11.9 Å². The van der Waals surface area contributed by atoms with Gasteiger partial charge in [-0.25, -0.2) is 4.68 Å². The van der Waals surface area contributed by atoms with Crippen molar-refractivity contribution in [3.8, 4) is 5.69 Å². The number of hydrogen-bond donors (Lipinski definition) is 3. The maximum absolute atomic E-state index is 14.0. The molecular formula is C30H28F3N3O3. The number of nitrogens with one attached hydrogen (secondary N) is 1. The van der Waals surface area contributed by atoms with Gasteiger partial charge in [0.05, 0.1) is 23.5 Å². The molecule has 1 aromatic heterocycles. The molecule has 0 spiro atoms. The van der Waals surface area contributed by atoms with Crippen molar-refractivity contribution in [3.63, 3.8) is 0 Å². The van der Waals surface area contributed by atoms with Crippen LogP contribution in [0.25, 0.3) is 16.5 Å². The van der Waals surface area contributed by atoms with Gasteiger partial charge in [0.25, 0.3) is 5.56 Å². The number of anilines is 1. The van der Waals surface area contributed by atoms with Crippen molar-refractivity contribution < 1.29 is 23.4 Å². The van der Waals surface area contributed by atoms with Gasteiger partial charge < -0.3 is 15.1 Å². The van der Waals surface area contributed by atoms with Crippen LogP contribution in [-0.4, -0.2) is 39.2 Å². The number of para-hydroxylation sites is 1. The Balaban J connectivity index is 1.39. The number of alkyl halides is 3. The molecule has 2 atom stereocenters. The molecule has 0 amide bonds. The lowest BCUT2D eigenvalue weighted by Crippen LogP contribution is -2.54. The van der Waals surface area contributed by atoms with Gasteiger partial charge in [-0.1, -0.05) is 68.5 Å². The fourth-order valence-electron chi connectivity index (χ4n) is 6.39. The van der Waals surface area contributed by atoms with Crippen LogP contribution in [0.5, 0.6) is 0 Å². The first-order valence-corrected chi connectivity index (χ1v) is 12.7. The molecule has 2 heterocycles. The smallest absolute Gasteiger partial charge is 0.392 e. The van der Waals surface area contributed by atoms with Crippen LogP contribution in [0.15, 0.2) is 83.3 Å². The molecule has 0 bridgehead atoms.